The summed E-state index contributed by atoms with van der Waals surface area (Å²) in [7, 11) is 3.27. The molecule has 1 aromatic rings. The van der Waals surface area contributed by atoms with E-state index in [0.717, 1.165) is 5.56 Å². The summed E-state index contributed by atoms with van der Waals surface area (Å²) < 4.78 is 16.6. The molecular formula is C16H26N2O3. The van der Waals surface area contributed by atoms with E-state index in [9.17, 15) is 0 Å². The van der Waals surface area contributed by atoms with Gasteiger partial charge in [-0.05, 0) is 37.5 Å². The zero-order valence-corrected chi connectivity index (χ0v) is 13.4. The molecule has 1 fully saturated rings. The molecule has 1 aliphatic heterocycles. The molecule has 0 spiro atoms. The third-order valence-electron chi connectivity index (χ3n) is 4.65. The van der Waals surface area contributed by atoms with Gasteiger partial charge in [0.25, 0.3) is 0 Å². The van der Waals surface area contributed by atoms with Crippen LogP contribution < -0.4 is 20.7 Å². The third kappa shape index (κ3) is 3.00. The lowest BCUT2D eigenvalue weighted by Crippen LogP contribution is -2.38. The normalized spacial score (nSPS) is 30.2. The predicted molar refractivity (Wildman–Crippen MR) is 82.3 cm³/mol. The molecule has 5 atom stereocenters. The number of hydrogen-bond donors (Lipinski definition) is 2. The van der Waals surface area contributed by atoms with E-state index in [1.807, 2.05) is 18.2 Å². The van der Waals surface area contributed by atoms with E-state index in [0.29, 0.717) is 23.3 Å². The molecule has 1 aliphatic rings. The molecule has 0 amide bonds. The number of nitrogens with one attached hydrogen (secondary N) is 1. The first-order chi connectivity index (χ1) is 10.0. The highest BCUT2D eigenvalue weighted by atomic mass is 16.5. The minimum absolute atomic E-state index is 0.0137. The maximum Gasteiger partial charge on any atom is 0.161 e. The van der Waals surface area contributed by atoms with Crippen molar-refractivity contribution in [3.05, 3.63) is 23.8 Å². The van der Waals surface area contributed by atoms with Crippen LogP contribution in [0.5, 0.6) is 11.5 Å². The molecule has 1 aromatic carbocycles. The molecule has 1 saturated heterocycles. The zero-order valence-electron chi connectivity index (χ0n) is 13.4. The zero-order chi connectivity index (χ0) is 15.6. The topological polar surface area (TPSA) is 65.7 Å². The first kappa shape index (κ1) is 16.1. The summed E-state index contributed by atoms with van der Waals surface area (Å²) in [6.45, 7) is 6.43. The second-order valence-corrected chi connectivity index (χ2v) is 5.74. The van der Waals surface area contributed by atoms with E-state index in [1.165, 1.54) is 0 Å². The summed E-state index contributed by atoms with van der Waals surface area (Å²) in [6, 6.07) is 5.92. The first-order valence-electron chi connectivity index (χ1n) is 7.37. The third-order valence-corrected chi connectivity index (χ3v) is 4.65. The molecule has 0 bridgehead atoms. The van der Waals surface area contributed by atoms with Crippen molar-refractivity contribution in [2.24, 2.45) is 17.7 Å². The monoisotopic (exact) mass is 294 g/mol. The Labute approximate surface area is 126 Å². The van der Waals surface area contributed by atoms with Gasteiger partial charge in [-0.2, -0.15) is 0 Å². The second-order valence-electron chi connectivity index (χ2n) is 5.74. The van der Waals surface area contributed by atoms with E-state index < -0.39 is 0 Å². The van der Waals surface area contributed by atoms with Crippen LogP contribution in [-0.2, 0) is 4.74 Å². The van der Waals surface area contributed by atoms with Crippen molar-refractivity contribution >= 4 is 0 Å². The number of methoxy groups -OCH3 is 2. The number of rotatable bonds is 5. The largest absolute Gasteiger partial charge is 0.493 e. The van der Waals surface area contributed by atoms with E-state index in [2.05, 4.69) is 26.2 Å². The minimum atomic E-state index is 0.0137. The van der Waals surface area contributed by atoms with Crippen molar-refractivity contribution in [2.75, 3.05) is 14.2 Å². The smallest absolute Gasteiger partial charge is 0.161 e. The molecule has 118 valence electrons. The van der Waals surface area contributed by atoms with Crippen molar-refractivity contribution in [3.8, 4) is 11.5 Å². The summed E-state index contributed by atoms with van der Waals surface area (Å²) >= 11 is 0. The summed E-state index contributed by atoms with van der Waals surface area (Å²) in [4.78, 5) is 0. The van der Waals surface area contributed by atoms with Gasteiger partial charge >= 0.3 is 0 Å². The Hall–Kier alpha value is -1.30. The molecule has 5 heteroatoms. The lowest BCUT2D eigenvalue weighted by atomic mass is 9.80. The number of ether oxygens (including phenoxy) is 3. The second kappa shape index (κ2) is 6.64. The Morgan fingerprint density at radius 1 is 1.10 bits per heavy atom. The van der Waals surface area contributed by atoms with E-state index in [4.69, 9.17) is 20.1 Å². The fourth-order valence-corrected chi connectivity index (χ4v) is 3.34. The standard InChI is InChI=1S/C16H26N2O3/c1-9-10(2)21-11(3)15(9)16(18-17)12-6-7-13(19-4)14(8-12)20-5/h6-11,15-16,18H,17H2,1-5H3. The van der Waals surface area contributed by atoms with Crippen molar-refractivity contribution in [1.29, 1.82) is 0 Å². The van der Waals surface area contributed by atoms with E-state index >= 15 is 0 Å². The van der Waals surface area contributed by atoms with Crippen molar-refractivity contribution in [3.63, 3.8) is 0 Å². The highest BCUT2D eigenvalue weighted by Gasteiger charge is 2.42. The predicted octanol–water partition coefficient (Wildman–Crippen LogP) is 2.27. The van der Waals surface area contributed by atoms with Gasteiger partial charge in [0.1, 0.15) is 0 Å². The minimum Gasteiger partial charge on any atom is -0.493 e. The molecule has 21 heavy (non-hydrogen) atoms. The fraction of sp³-hybridized carbons (Fsp3) is 0.625. The van der Waals surface area contributed by atoms with Crippen LogP contribution in [0.4, 0.5) is 0 Å². The van der Waals surface area contributed by atoms with Crippen LogP contribution >= 0.6 is 0 Å². The maximum absolute atomic E-state index is 5.94. The fourth-order valence-electron chi connectivity index (χ4n) is 3.34. The molecular weight excluding hydrogens is 268 g/mol. The van der Waals surface area contributed by atoms with Gasteiger partial charge in [-0.1, -0.05) is 13.0 Å². The maximum atomic E-state index is 5.94. The number of nitrogens with two attached hydrogens (primary N) is 1. The number of benzene rings is 1. The van der Waals surface area contributed by atoms with Gasteiger partial charge in [-0.25, -0.2) is 0 Å². The molecule has 0 radical (unpaired) electrons. The van der Waals surface area contributed by atoms with Crippen LogP contribution in [-0.4, -0.2) is 26.4 Å². The molecule has 1 heterocycles. The Morgan fingerprint density at radius 2 is 1.76 bits per heavy atom. The molecule has 3 N–H and O–H groups in total. The van der Waals surface area contributed by atoms with E-state index in [-0.39, 0.29) is 18.2 Å². The highest BCUT2D eigenvalue weighted by Crippen LogP contribution is 2.41. The van der Waals surface area contributed by atoms with Gasteiger partial charge in [-0.15, -0.1) is 0 Å². The van der Waals surface area contributed by atoms with Crippen molar-refractivity contribution in [1.82, 2.24) is 5.43 Å². The number of hydrazine groups is 1. The molecule has 5 unspecified atom stereocenters. The average Bonchev–Trinajstić information content (AvgIpc) is 2.74. The molecule has 5 nitrogen and oxygen atoms in total. The van der Waals surface area contributed by atoms with Gasteiger partial charge < -0.3 is 14.2 Å². The van der Waals surface area contributed by atoms with Crippen molar-refractivity contribution < 1.29 is 14.2 Å². The van der Waals surface area contributed by atoms with Gasteiger partial charge in [0.15, 0.2) is 11.5 Å². The van der Waals surface area contributed by atoms with Gasteiger partial charge in [0.05, 0.1) is 32.5 Å². The van der Waals surface area contributed by atoms with Crippen LogP contribution in [0.25, 0.3) is 0 Å². The highest BCUT2D eigenvalue weighted by molar-refractivity contribution is 5.44. The van der Waals surface area contributed by atoms with Gasteiger partial charge in [0, 0.05) is 5.92 Å². The molecule has 0 aliphatic carbocycles. The summed E-state index contributed by atoms with van der Waals surface area (Å²) in [5, 5.41) is 0. The SMILES string of the molecule is COc1ccc(C(NN)C2C(C)OC(C)C2C)cc1OC. The Kier molecular flexibility index (Phi) is 5.08. The quantitative estimate of drug-likeness (QED) is 0.644. The molecule has 2 rings (SSSR count). The van der Waals surface area contributed by atoms with Crippen molar-refractivity contribution in [2.45, 2.75) is 39.0 Å². The lowest BCUT2D eigenvalue weighted by molar-refractivity contribution is 0.0475. The molecule has 0 saturated carbocycles. The first-order valence-corrected chi connectivity index (χ1v) is 7.37. The lowest BCUT2D eigenvalue weighted by Gasteiger charge is -2.29. The molecule has 0 aromatic heterocycles. The van der Waals surface area contributed by atoms with Gasteiger partial charge in [-0.3, -0.25) is 11.3 Å². The van der Waals surface area contributed by atoms with Crippen LogP contribution in [0.15, 0.2) is 18.2 Å². The summed E-state index contributed by atoms with van der Waals surface area (Å²) in [6.07, 6.45) is 0.394. The summed E-state index contributed by atoms with van der Waals surface area (Å²) in [5.74, 6) is 8.00. The number of hydrogen-bond acceptors (Lipinski definition) is 5. The Balaban J connectivity index is 2.33. The van der Waals surface area contributed by atoms with Crippen LogP contribution in [0.1, 0.15) is 32.4 Å². The van der Waals surface area contributed by atoms with Crippen LogP contribution in [0.2, 0.25) is 0 Å². The Bertz CT molecular complexity index is 481. The van der Waals surface area contributed by atoms with Crippen LogP contribution in [0.3, 0.4) is 0 Å². The van der Waals surface area contributed by atoms with E-state index in [1.54, 1.807) is 14.2 Å². The average molecular weight is 294 g/mol. The van der Waals surface area contributed by atoms with Gasteiger partial charge in [0.2, 0.25) is 0 Å². The Morgan fingerprint density at radius 3 is 2.24 bits per heavy atom. The van der Waals surface area contributed by atoms with Crippen LogP contribution in [0, 0.1) is 11.8 Å². The summed E-state index contributed by atoms with van der Waals surface area (Å²) in [5.41, 5.74) is 4.03.